The summed E-state index contributed by atoms with van der Waals surface area (Å²) < 4.78 is 6.41. The molecule has 2 aromatic rings. The van der Waals surface area contributed by atoms with E-state index in [1.807, 2.05) is 11.9 Å². The summed E-state index contributed by atoms with van der Waals surface area (Å²) >= 11 is 5.90. The Morgan fingerprint density at radius 3 is 2.59 bits per heavy atom. The molecule has 0 unspecified atom stereocenters. The molecule has 0 N–H and O–H groups in total. The van der Waals surface area contributed by atoms with E-state index in [0.717, 1.165) is 0 Å². The van der Waals surface area contributed by atoms with Crippen molar-refractivity contribution in [1.29, 1.82) is 0 Å². The molecule has 0 fully saturated rings. The largest absolute Gasteiger partial charge is 0.463 e. The second-order valence-corrected chi connectivity index (χ2v) is 6.57. The lowest BCUT2D eigenvalue weighted by Gasteiger charge is -2.16. The molecule has 6 nitrogen and oxygen atoms in total. The summed E-state index contributed by atoms with van der Waals surface area (Å²) in [6, 6.07) is 8.12. The second-order valence-electron chi connectivity index (χ2n) is 6.14. The lowest BCUT2D eigenvalue weighted by Crippen LogP contribution is -2.24. The van der Waals surface area contributed by atoms with E-state index in [2.05, 4.69) is 0 Å². The van der Waals surface area contributed by atoms with Crippen LogP contribution in [0.3, 0.4) is 0 Å². The zero-order valence-corrected chi connectivity index (χ0v) is 15.8. The van der Waals surface area contributed by atoms with Gasteiger partial charge in [-0.25, -0.2) is 4.79 Å². The van der Waals surface area contributed by atoms with E-state index >= 15 is 0 Å². The third-order valence-electron chi connectivity index (χ3n) is 4.35. The number of esters is 1. The number of ether oxygens (including phenoxy) is 1. The van der Waals surface area contributed by atoms with Crippen LogP contribution in [0.5, 0.6) is 0 Å². The SMILES string of the molecule is CCOC(=O)/C=C/c1cc(C(=O)c2ccc(Cl)cc2)c2n(c1=O)CCN2C. The highest BCUT2D eigenvalue weighted by Crippen LogP contribution is 2.27. The molecular formula is C20H19ClN2O4. The number of halogens is 1. The van der Waals surface area contributed by atoms with Crippen LogP contribution >= 0.6 is 11.6 Å². The Bertz CT molecular complexity index is 977. The molecule has 0 spiro atoms. The normalized spacial score (nSPS) is 13.1. The zero-order chi connectivity index (χ0) is 19.6. The van der Waals surface area contributed by atoms with Crippen LogP contribution in [-0.2, 0) is 16.1 Å². The number of anilines is 1. The van der Waals surface area contributed by atoms with E-state index in [0.29, 0.717) is 35.1 Å². The number of carbonyl (C=O) groups excluding carboxylic acids is 2. The monoisotopic (exact) mass is 386 g/mol. The molecule has 7 heteroatoms. The molecule has 0 atom stereocenters. The lowest BCUT2D eigenvalue weighted by molar-refractivity contribution is -0.137. The summed E-state index contributed by atoms with van der Waals surface area (Å²) in [7, 11) is 1.84. The van der Waals surface area contributed by atoms with E-state index in [1.54, 1.807) is 35.8 Å². The third-order valence-corrected chi connectivity index (χ3v) is 4.60. The highest BCUT2D eigenvalue weighted by atomic mass is 35.5. The first-order valence-corrected chi connectivity index (χ1v) is 8.94. The molecule has 1 aliphatic heterocycles. The lowest BCUT2D eigenvalue weighted by atomic mass is 10.0. The molecule has 1 aromatic heterocycles. The highest BCUT2D eigenvalue weighted by molar-refractivity contribution is 6.30. The summed E-state index contributed by atoms with van der Waals surface area (Å²) in [6.07, 6.45) is 2.59. The van der Waals surface area contributed by atoms with Gasteiger partial charge in [0, 0.05) is 42.4 Å². The van der Waals surface area contributed by atoms with Crippen molar-refractivity contribution < 1.29 is 14.3 Å². The minimum Gasteiger partial charge on any atom is -0.463 e. The number of hydrogen-bond acceptors (Lipinski definition) is 5. The van der Waals surface area contributed by atoms with E-state index in [-0.39, 0.29) is 23.5 Å². The van der Waals surface area contributed by atoms with Gasteiger partial charge in [0.2, 0.25) is 0 Å². The standard InChI is InChI=1S/C20H19ClN2O4/c1-3-27-17(24)9-6-14-12-16(18(25)13-4-7-15(21)8-5-13)19-22(2)10-11-23(19)20(14)26/h4-9,12H,3,10-11H2,1-2H3/b9-6+. The van der Waals surface area contributed by atoms with Crippen molar-refractivity contribution in [2.24, 2.45) is 0 Å². The van der Waals surface area contributed by atoms with Crippen LogP contribution in [-0.4, -0.2) is 36.5 Å². The highest BCUT2D eigenvalue weighted by Gasteiger charge is 2.26. The van der Waals surface area contributed by atoms with E-state index in [9.17, 15) is 14.4 Å². The molecule has 1 aliphatic rings. The number of hydrogen-bond donors (Lipinski definition) is 0. The predicted octanol–water partition coefficient (Wildman–Crippen LogP) is 2.76. The van der Waals surface area contributed by atoms with E-state index < -0.39 is 5.97 Å². The van der Waals surface area contributed by atoms with Gasteiger partial charge in [0.25, 0.3) is 5.56 Å². The molecule has 2 heterocycles. The average molecular weight is 387 g/mol. The first kappa shape index (κ1) is 18.9. The van der Waals surface area contributed by atoms with Gasteiger partial charge < -0.3 is 9.64 Å². The summed E-state index contributed by atoms with van der Waals surface area (Å²) in [6.45, 7) is 3.06. The number of nitrogens with zero attached hydrogens (tertiary/aromatic N) is 2. The number of rotatable bonds is 5. The molecule has 0 radical (unpaired) electrons. The maximum atomic E-state index is 13.1. The Balaban J connectivity index is 2.10. The van der Waals surface area contributed by atoms with Gasteiger partial charge >= 0.3 is 5.97 Å². The first-order valence-electron chi connectivity index (χ1n) is 8.56. The fraction of sp³-hybridized carbons (Fsp3) is 0.250. The van der Waals surface area contributed by atoms with Crippen LogP contribution in [0.4, 0.5) is 5.82 Å². The van der Waals surface area contributed by atoms with Crippen LogP contribution in [0, 0.1) is 0 Å². The molecule has 0 aliphatic carbocycles. The molecule has 0 saturated heterocycles. The van der Waals surface area contributed by atoms with Gasteiger partial charge in [-0.2, -0.15) is 0 Å². The smallest absolute Gasteiger partial charge is 0.330 e. The number of carbonyl (C=O) groups is 2. The summed E-state index contributed by atoms with van der Waals surface area (Å²) in [4.78, 5) is 39.3. The Hall–Kier alpha value is -2.86. The number of aromatic nitrogens is 1. The number of ketones is 1. The molecule has 140 valence electrons. The van der Waals surface area contributed by atoms with Crippen molar-refractivity contribution in [2.45, 2.75) is 13.5 Å². The molecule has 3 rings (SSSR count). The molecule has 0 bridgehead atoms. The fourth-order valence-corrected chi connectivity index (χ4v) is 3.17. The zero-order valence-electron chi connectivity index (χ0n) is 15.1. The van der Waals surface area contributed by atoms with Crippen LogP contribution in [0.2, 0.25) is 5.02 Å². The predicted molar refractivity (Wildman–Crippen MR) is 105 cm³/mol. The van der Waals surface area contributed by atoms with Crippen molar-refractivity contribution in [2.75, 3.05) is 25.1 Å². The van der Waals surface area contributed by atoms with Crippen molar-refractivity contribution in [3.8, 4) is 0 Å². The van der Waals surface area contributed by atoms with E-state index in [4.69, 9.17) is 16.3 Å². The average Bonchev–Trinajstić information content (AvgIpc) is 3.04. The summed E-state index contributed by atoms with van der Waals surface area (Å²) in [5.41, 5.74) is 0.892. The van der Waals surface area contributed by atoms with Gasteiger partial charge in [-0.1, -0.05) is 11.6 Å². The van der Waals surface area contributed by atoms with Gasteiger partial charge in [0.05, 0.1) is 12.2 Å². The number of likely N-dealkylation sites (N-methyl/N-ethyl adjacent to an activating group) is 1. The van der Waals surface area contributed by atoms with Gasteiger partial charge in [-0.3, -0.25) is 14.2 Å². The maximum absolute atomic E-state index is 13.1. The Labute approximate surface area is 161 Å². The quantitative estimate of drug-likeness (QED) is 0.449. The molecule has 0 saturated carbocycles. The minimum absolute atomic E-state index is 0.213. The molecule has 27 heavy (non-hydrogen) atoms. The van der Waals surface area contributed by atoms with Gasteiger partial charge in [-0.15, -0.1) is 0 Å². The van der Waals surface area contributed by atoms with Crippen LogP contribution in [0.15, 0.2) is 41.2 Å². The third kappa shape index (κ3) is 3.80. The van der Waals surface area contributed by atoms with E-state index in [1.165, 1.54) is 18.2 Å². The molecular weight excluding hydrogens is 368 g/mol. The van der Waals surface area contributed by atoms with Crippen molar-refractivity contribution >= 4 is 35.2 Å². The number of fused-ring (bicyclic) bond motifs is 1. The van der Waals surface area contributed by atoms with Crippen LogP contribution in [0.1, 0.15) is 28.4 Å². The van der Waals surface area contributed by atoms with Crippen molar-refractivity contribution in [3.63, 3.8) is 0 Å². The van der Waals surface area contributed by atoms with Crippen LogP contribution < -0.4 is 10.5 Å². The summed E-state index contributed by atoms with van der Waals surface area (Å²) in [5, 5.41) is 0.538. The maximum Gasteiger partial charge on any atom is 0.330 e. The van der Waals surface area contributed by atoms with Gasteiger partial charge in [0.15, 0.2) is 5.78 Å². The van der Waals surface area contributed by atoms with Gasteiger partial charge in [0.1, 0.15) is 5.82 Å². The Morgan fingerprint density at radius 2 is 1.93 bits per heavy atom. The first-order chi connectivity index (χ1) is 12.9. The molecule has 1 aromatic carbocycles. The van der Waals surface area contributed by atoms with Gasteiger partial charge in [-0.05, 0) is 43.3 Å². The van der Waals surface area contributed by atoms with Crippen LogP contribution in [0.25, 0.3) is 6.08 Å². The van der Waals surface area contributed by atoms with Crippen molar-refractivity contribution in [3.05, 3.63) is 68.5 Å². The fourth-order valence-electron chi connectivity index (χ4n) is 3.05. The topological polar surface area (TPSA) is 68.6 Å². The number of pyridine rings is 1. The van der Waals surface area contributed by atoms with Crippen molar-refractivity contribution in [1.82, 2.24) is 4.57 Å². The Morgan fingerprint density at radius 1 is 1.22 bits per heavy atom. The number of benzene rings is 1. The minimum atomic E-state index is -0.537. The Kier molecular flexibility index (Phi) is 5.46. The second kappa shape index (κ2) is 7.80. The summed E-state index contributed by atoms with van der Waals surface area (Å²) in [5.74, 6) is -0.173. The molecule has 0 amide bonds.